The molecule has 2 aromatic carbocycles. The zero-order chi connectivity index (χ0) is 23.8. The fourth-order valence-corrected chi connectivity index (χ4v) is 3.55. The maximum atomic E-state index is 13.4. The van der Waals surface area contributed by atoms with E-state index >= 15 is 0 Å². The summed E-state index contributed by atoms with van der Waals surface area (Å²) in [5, 5.41) is 14.2. The maximum Gasteiger partial charge on any atom is 0.226 e. The van der Waals surface area contributed by atoms with Gasteiger partial charge in [0.2, 0.25) is 23.1 Å². The Labute approximate surface area is 185 Å². The SMILES string of the molecule is COc1cc(NC(=O)C(C)C)c(C2(O)C(=O)c3cc(OC)c(OC)cc3C2=O)cc1OC. The van der Waals surface area contributed by atoms with Crippen LogP contribution < -0.4 is 24.3 Å². The van der Waals surface area contributed by atoms with Gasteiger partial charge in [0.05, 0.1) is 34.1 Å². The standard InChI is InChI=1S/C23H25NO8/c1-11(2)22(27)24-15-10-19(32-6)18(31-5)9-14(15)23(28)20(25)12-7-16(29-3)17(30-4)8-13(12)21(23)26/h7-11,28H,1-6H3,(H,24,27). The Hall–Kier alpha value is -3.59. The van der Waals surface area contributed by atoms with Crippen molar-refractivity contribution in [2.45, 2.75) is 19.4 Å². The van der Waals surface area contributed by atoms with Gasteiger partial charge in [-0.2, -0.15) is 0 Å². The monoisotopic (exact) mass is 443 g/mol. The summed E-state index contributed by atoms with van der Waals surface area (Å²) in [5.74, 6) is -1.60. The normalized spacial score (nSPS) is 14.2. The molecule has 2 aromatic rings. The molecule has 9 nitrogen and oxygen atoms in total. The lowest BCUT2D eigenvalue weighted by Gasteiger charge is -2.25. The van der Waals surface area contributed by atoms with Crippen LogP contribution in [0.3, 0.4) is 0 Å². The van der Waals surface area contributed by atoms with Crippen LogP contribution in [0.4, 0.5) is 5.69 Å². The number of fused-ring (bicyclic) bond motifs is 1. The van der Waals surface area contributed by atoms with Gasteiger partial charge in [-0.05, 0) is 18.2 Å². The second-order valence-corrected chi connectivity index (χ2v) is 7.52. The summed E-state index contributed by atoms with van der Waals surface area (Å²) in [6.45, 7) is 3.37. The molecule has 0 saturated heterocycles. The molecule has 1 aliphatic rings. The van der Waals surface area contributed by atoms with Gasteiger partial charge < -0.3 is 29.4 Å². The van der Waals surface area contributed by atoms with Crippen LogP contribution in [0.5, 0.6) is 23.0 Å². The predicted octanol–water partition coefficient (Wildman–Crippen LogP) is 2.58. The highest BCUT2D eigenvalue weighted by Gasteiger charge is 2.55. The number of ether oxygens (including phenoxy) is 4. The van der Waals surface area contributed by atoms with E-state index in [4.69, 9.17) is 18.9 Å². The van der Waals surface area contributed by atoms with Crippen LogP contribution in [-0.2, 0) is 10.4 Å². The van der Waals surface area contributed by atoms with E-state index in [2.05, 4.69) is 5.32 Å². The number of Topliss-reactive ketones (excluding diaryl/α,β-unsaturated/α-hetero) is 2. The molecule has 9 heteroatoms. The quantitative estimate of drug-likeness (QED) is 0.627. The molecular weight excluding hydrogens is 418 g/mol. The second-order valence-electron chi connectivity index (χ2n) is 7.52. The van der Waals surface area contributed by atoms with E-state index in [1.165, 1.54) is 52.7 Å². The van der Waals surface area contributed by atoms with Gasteiger partial charge in [-0.15, -0.1) is 0 Å². The van der Waals surface area contributed by atoms with Crippen molar-refractivity contribution in [3.8, 4) is 23.0 Å². The molecule has 0 radical (unpaired) electrons. The van der Waals surface area contributed by atoms with E-state index in [1.807, 2.05) is 0 Å². The first kappa shape index (κ1) is 23.1. The summed E-state index contributed by atoms with van der Waals surface area (Å²) in [4.78, 5) is 39.2. The van der Waals surface area contributed by atoms with Gasteiger partial charge in [0.25, 0.3) is 0 Å². The third-order valence-corrected chi connectivity index (χ3v) is 5.37. The number of rotatable bonds is 7. The summed E-state index contributed by atoms with van der Waals surface area (Å²) in [6.07, 6.45) is 0. The van der Waals surface area contributed by atoms with Crippen molar-refractivity contribution in [3.05, 3.63) is 41.0 Å². The largest absolute Gasteiger partial charge is 0.493 e. The average Bonchev–Trinajstić information content (AvgIpc) is 2.98. The van der Waals surface area contributed by atoms with Crippen molar-refractivity contribution in [2.75, 3.05) is 33.8 Å². The summed E-state index contributed by atoms with van der Waals surface area (Å²) in [6, 6.07) is 5.40. The number of anilines is 1. The first-order chi connectivity index (χ1) is 15.1. The molecule has 1 aliphatic carbocycles. The van der Waals surface area contributed by atoms with E-state index in [-0.39, 0.29) is 51.3 Å². The van der Waals surface area contributed by atoms with Gasteiger partial charge >= 0.3 is 0 Å². The number of hydrogen-bond acceptors (Lipinski definition) is 8. The molecule has 32 heavy (non-hydrogen) atoms. The summed E-state index contributed by atoms with van der Waals surface area (Å²) < 4.78 is 21.0. The number of benzene rings is 2. The molecule has 0 aromatic heterocycles. The Morgan fingerprint density at radius 1 is 0.812 bits per heavy atom. The van der Waals surface area contributed by atoms with Gasteiger partial charge in [-0.1, -0.05) is 13.8 Å². The molecular formula is C23H25NO8. The number of methoxy groups -OCH3 is 4. The maximum absolute atomic E-state index is 13.4. The third-order valence-electron chi connectivity index (χ3n) is 5.37. The van der Waals surface area contributed by atoms with Crippen molar-refractivity contribution < 1.29 is 38.4 Å². The Morgan fingerprint density at radius 3 is 1.62 bits per heavy atom. The van der Waals surface area contributed by atoms with Crippen molar-refractivity contribution in [2.24, 2.45) is 5.92 Å². The zero-order valence-electron chi connectivity index (χ0n) is 18.7. The van der Waals surface area contributed by atoms with Crippen molar-refractivity contribution in [3.63, 3.8) is 0 Å². The van der Waals surface area contributed by atoms with Crippen molar-refractivity contribution in [1.82, 2.24) is 0 Å². The Morgan fingerprint density at radius 2 is 1.22 bits per heavy atom. The number of nitrogens with one attached hydrogen (secondary N) is 1. The van der Waals surface area contributed by atoms with Gasteiger partial charge in [0.15, 0.2) is 23.0 Å². The Bertz CT molecular complexity index is 1060. The first-order valence-corrected chi connectivity index (χ1v) is 9.79. The van der Waals surface area contributed by atoms with Crippen LogP contribution in [0.1, 0.15) is 40.1 Å². The fraction of sp³-hybridized carbons (Fsp3) is 0.348. The molecule has 0 bridgehead atoms. The molecule has 0 heterocycles. The van der Waals surface area contributed by atoms with Gasteiger partial charge in [-0.3, -0.25) is 14.4 Å². The van der Waals surface area contributed by atoms with Crippen molar-refractivity contribution >= 4 is 23.2 Å². The average molecular weight is 443 g/mol. The van der Waals surface area contributed by atoms with Gasteiger partial charge in [0, 0.05) is 28.7 Å². The van der Waals surface area contributed by atoms with Crippen molar-refractivity contribution in [1.29, 1.82) is 0 Å². The Balaban J connectivity index is 2.26. The molecule has 2 N–H and O–H groups in total. The minimum Gasteiger partial charge on any atom is -0.493 e. The fourth-order valence-electron chi connectivity index (χ4n) is 3.55. The molecule has 0 unspecified atom stereocenters. The molecule has 0 aliphatic heterocycles. The van der Waals surface area contributed by atoms with E-state index in [0.29, 0.717) is 0 Å². The number of amides is 1. The molecule has 0 saturated carbocycles. The number of aliphatic hydroxyl groups is 1. The first-order valence-electron chi connectivity index (χ1n) is 9.79. The zero-order valence-corrected chi connectivity index (χ0v) is 18.7. The van der Waals surface area contributed by atoms with E-state index < -0.39 is 23.1 Å². The van der Waals surface area contributed by atoms with E-state index in [0.717, 1.165) is 0 Å². The second kappa shape index (κ2) is 8.51. The predicted molar refractivity (Wildman–Crippen MR) is 115 cm³/mol. The summed E-state index contributed by atoms with van der Waals surface area (Å²) >= 11 is 0. The minimum atomic E-state index is -2.60. The molecule has 170 valence electrons. The van der Waals surface area contributed by atoms with Crippen LogP contribution in [0.25, 0.3) is 0 Å². The van der Waals surface area contributed by atoms with Gasteiger partial charge in [-0.25, -0.2) is 0 Å². The smallest absolute Gasteiger partial charge is 0.226 e. The third kappa shape index (κ3) is 3.44. The lowest BCUT2D eigenvalue weighted by Crippen LogP contribution is -2.39. The summed E-state index contributed by atoms with van der Waals surface area (Å²) in [5.41, 5.74) is -2.72. The van der Waals surface area contributed by atoms with Gasteiger partial charge in [0.1, 0.15) is 0 Å². The number of carbonyl (C=O) groups is 3. The molecule has 0 fully saturated rings. The van der Waals surface area contributed by atoms with Crippen LogP contribution >= 0.6 is 0 Å². The van der Waals surface area contributed by atoms with Crippen LogP contribution in [0.15, 0.2) is 24.3 Å². The molecule has 1 amide bonds. The minimum absolute atomic E-state index is 0.0222. The molecule has 0 atom stereocenters. The van der Waals surface area contributed by atoms with E-state index in [9.17, 15) is 19.5 Å². The highest BCUT2D eigenvalue weighted by atomic mass is 16.5. The van der Waals surface area contributed by atoms with Crippen LogP contribution in [-0.4, -0.2) is 51.0 Å². The topological polar surface area (TPSA) is 120 Å². The summed E-state index contributed by atoms with van der Waals surface area (Å²) in [7, 11) is 5.57. The highest BCUT2D eigenvalue weighted by Crippen LogP contribution is 2.46. The van der Waals surface area contributed by atoms with Crippen LogP contribution in [0, 0.1) is 5.92 Å². The Kier molecular flexibility index (Phi) is 6.13. The molecule has 3 rings (SSSR count). The number of hydrogen-bond donors (Lipinski definition) is 2. The lowest BCUT2D eigenvalue weighted by molar-refractivity contribution is -0.118. The molecule has 0 spiro atoms. The van der Waals surface area contributed by atoms with E-state index in [1.54, 1.807) is 13.8 Å². The number of carbonyl (C=O) groups excluding carboxylic acids is 3. The van der Waals surface area contributed by atoms with Crippen LogP contribution in [0.2, 0.25) is 0 Å². The lowest BCUT2D eigenvalue weighted by atomic mass is 9.87. The number of ketones is 2. The highest BCUT2D eigenvalue weighted by molar-refractivity contribution is 6.32.